The summed E-state index contributed by atoms with van der Waals surface area (Å²) in [5.41, 5.74) is 4.93. The number of aromatic nitrogens is 2. The van der Waals surface area contributed by atoms with E-state index >= 15 is 0 Å². The van der Waals surface area contributed by atoms with E-state index in [-0.39, 0.29) is 29.3 Å². The van der Waals surface area contributed by atoms with Gasteiger partial charge < -0.3 is 15.3 Å². The summed E-state index contributed by atoms with van der Waals surface area (Å²) in [6.07, 6.45) is 2.33. The maximum atomic E-state index is 13.8. The summed E-state index contributed by atoms with van der Waals surface area (Å²) >= 11 is 0. The minimum absolute atomic E-state index is 0.0852. The molecule has 0 atom stereocenters. The lowest BCUT2D eigenvalue weighted by Gasteiger charge is -2.40. The van der Waals surface area contributed by atoms with Crippen molar-refractivity contribution in [2.45, 2.75) is 51.6 Å². The second-order valence-electron chi connectivity index (χ2n) is 12.1. The SMILES string of the molecule is Cc1cc(CN=C2CC3(CCN(c4nc(C(=O)NCc5ccc(F)c(C)c5)c(O)c(=O)n4C)CC3)c3ccccc32)ccc1F. The van der Waals surface area contributed by atoms with E-state index in [1.54, 1.807) is 32.0 Å². The Bertz CT molecular complexity index is 1890. The number of rotatable bonds is 6. The van der Waals surface area contributed by atoms with Gasteiger partial charge in [-0.15, -0.1) is 0 Å². The molecule has 232 valence electrons. The van der Waals surface area contributed by atoms with Crippen molar-refractivity contribution >= 4 is 17.6 Å². The summed E-state index contributed by atoms with van der Waals surface area (Å²) < 4.78 is 28.7. The second kappa shape index (κ2) is 11.9. The van der Waals surface area contributed by atoms with Gasteiger partial charge in [-0.2, -0.15) is 0 Å². The fraction of sp³-hybridized carbons (Fsp3) is 0.314. The van der Waals surface area contributed by atoms with E-state index in [2.05, 4.69) is 22.4 Å². The van der Waals surface area contributed by atoms with Crippen molar-refractivity contribution in [2.75, 3.05) is 18.0 Å². The molecule has 3 aromatic carbocycles. The fourth-order valence-corrected chi connectivity index (χ4v) is 6.52. The Morgan fingerprint density at radius 1 is 1.00 bits per heavy atom. The largest absolute Gasteiger partial charge is 0.501 e. The molecule has 0 radical (unpaired) electrons. The first kappa shape index (κ1) is 30.2. The van der Waals surface area contributed by atoms with Crippen LogP contribution in [0.4, 0.5) is 14.7 Å². The third-order valence-corrected chi connectivity index (χ3v) is 9.13. The summed E-state index contributed by atoms with van der Waals surface area (Å²) in [6.45, 7) is 5.11. The summed E-state index contributed by atoms with van der Waals surface area (Å²) in [5.74, 6) is -1.67. The van der Waals surface area contributed by atoms with Crippen LogP contribution in [0.25, 0.3) is 0 Å². The molecule has 2 N–H and O–H groups in total. The molecule has 45 heavy (non-hydrogen) atoms. The van der Waals surface area contributed by atoms with Crippen molar-refractivity contribution in [1.29, 1.82) is 0 Å². The van der Waals surface area contributed by atoms with Gasteiger partial charge in [-0.05, 0) is 78.6 Å². The minimum atomic E-state index is -0.718. The van der Waals surface area contributed by atoms with Crippen molar-refractivity contribution in [2.24, 2.45) is 12.0 Å². The van der Waals surface area contributed by atoms with Gasteiger partial charge in [-0.1, -0.05) is 48.5 Å². The van der Waals surface area contributed by atoms with E-state index in [0.29, 0.717) is 42.3 Å². The van der Waals surface area contributed by atoms with Crippen LogP contribution in [0.2, 0.25) is 0 Å². The fourth-order valence-electron chi connectivity index (χ4n) is 6.52. The molecule has 10 heteroatoms. The summed E-state index contributed by atoms with van der Waals surface area (Å²) in [5, 5.41) is 13.2. The number of hydrogen-bond acceptors (Lipinski definition) is 6. The van der Waals surface area contributed by atoms with Crippen molar-refractivity contribution in [1.82, 2.24) is 14.9 Å². The van der Waals surface area contributed by atoms with Crippen LogP contribution in [0.5, 0.6) is 5.75 Å². The lowest BCUT2D eigenvalue weighted by atomic mass is 9.74. The molecule has 1 fully saturated rings. The van der Waals surface area contributed by atoms with Gasteiger partial charge in [-0.3, -0.25) is 19.1 Å². The van der Waals surface area contributed by atoms with E-state index in [9.17, 15) is 23.5 Å². The highest BCUT2D eigenvalue weighted by Gasteiger charge is 2.44. The van der Waals surface area contributed by atoms with E-state index in [1.165, 1.54) is 29.3 Å². The first-order valence-corrected chi connectivity index (χ1v) is 15.0. The van der Waals surface area contributed by atoms with Crippen molar-refractivity contribution < 1.29 is 18.7 Å². The third kappa shape index (κ3) is 5.72. The standard InChI is InChI=1S/C35H35F2N5O3/c1-21-16-23(8-10-27(21)36)19-38-29-18-35(26-7-5-4-6-25(26)29)12-14-42(15-13-35)34-40-30(31(43)33(45)41(34)3)32(44)39-20-24-9-11-28(37)22(2)17-24/h4-11,16-17,43H,12-15,18-20H2,1-3H3,(H,39,44). The topological polar surface area (TPSA) is 99.8 Å². The number of anilines is 1. The Labute approximate surface area is 260 Å². The number of benzene rings is 3. The van der Waals surface area contributed by atoms with Gasteiger partial charge in [0.2, 0.25) is 11.7 Å². The van der Waals surface area contributed by atoms with Crippen molar-refractivity contribution in [3.63, 3.8) is 0 Å². The Balaban J connectivity index is 1.20. The number of amides is 1. The van der Waals surface area contributed by atoms with Gasteiger partial charge in [0.05, 0.1) is 6.54 Å². The normalized spacial score (nSPS) is 16.3. The molecule has 2 heterocycles. The quantitative estimate of drug-likeness (QED) is 0.311. The molecular weight excluding hydrogens is 576 g/mol. The molecule has 0 saturated carbocycles. The zero-order valence-electron chi connectivity index (χ0n) is 25.5. The molecular formula is C35H35F2N5O3. The van der Waals surface area contributed by atoms with Crippen molar-refractivity contribution in [3.05, 3.63) is 122 Å². The number of aromatic hydroxyl groups is 1. The maximum absolute atomic E-state index is 13.8. The Hall–Kier alpha value is -4.86. The van der Waals surface area contributed by atoms with Gasteiger partial charge in [0.1, 0.15) is 11.6 Å². The molecule has 2 aliphatic rings. The molecule has 0 unspecified atom stereocenters. The molecule has 1 aliphatic carbocycles. The van der Waals surface area contributed by atoms with Crippen LogP contribution < -0.4 is 15.8 Å². The highest BCUT2D eigenvalue weighted by atomic mass is 19.1. The number of aliphatic imine (C=N–C) groups is 1. The van der Waals surface area contributed by atoms with Crippen LogP contribution in [0, 0.1) is 25.5 Å². The number of carbonyl (C=O) groups is 1. The first-order chi connectivity index (χ1) is 21.6. The number of fused-ring (bicyclic) bond motifs is 2. The zero-order valence-corrected chi connectivity index (χ0v) is 25.5. The molecule has 1 amide bonds. The second-order valence-corrected chi connectivity index (χ2v) is 12.1. The number of halogens is 2. The lowest BCUT2D eigenvalue weighted by molar-refractivity contribution is 0.0942. The van der Waals surface area contributed by atoms with Crippen LogP contribution in [0.3, 0.4) is 0 Å². The van der Waals surface area contributed by atoms with Crippen LogP contribution >= 0.6 is 0 Å². The first-order valence-electron chi connectivity index (χ1n) is 15.0. The summed E-state index contributed by atoms with van der Waals surface area (Å²) in [4.78, 5) is 37.5. The number of nitrogens with one attached hydrogen (secondary N) is 1. The van der Waals surface area contributed by atoms with Crippen LogP contribution in [0.15, 0.2) is 70.5 Å². The van der Waals surface area contributed by atoms with Crippen LogP contribution in [-0.4, -0.2) is 39.4 Å². The highest BCUT2D eigenvalue weighted by Crippen LogP contribution is 2.47. The molecule has 1 saturated heterocycles. The zero-order chi connectivity index (χ0) is 31.9. The van der Waals surface area contributed by atoms with E-state index in [4.69, 9.17) is 4.99 Å². The molecule has 1 spiro atoms. The number of hydrogen-bond donors (Lipinski definition) is 2. The van der Waals surface area contributed by atoms with Crippen LogP contribution in [0.1, 0.15) is 63.1 Å². The van der Waals surface area contributed by atoms with Gasteiger partial charge in [0.25, 0.3) is 11.5 Å². The predicted molar refractivity (Wildman–Crippen MR) is 169 cm³/mol. The molecule has 0 bridgehead atoms. The van der Waals surface area contributed by atoms with E-state index < -0.39 is 17.2 Å². The third-order valence-electron chi connectivity index (χ3n) is 9.13. The van der Waals surface area contributed by atoms with Gasteiger partial charge in [0, 0.05) is 37.8 Å². The average molecular weight is 612 g/mol. The molecule has 8 nitrogen and oxygen atoms in total. The average Bonchev–Trinajstić information content (AvgIpc) is 3.34. The van der Waals surface area contributed by atoms with E-state index in [0.717, 1.165) is 36.1 Å². The van der Waals surface area contributed by atoms with E-state index in [1.807, 2.05) is 23.1 Å². The maximum Gasteiger partial charge on any atom is 0.297 e. The van der Waals surface area contributed by atoms with Gasteiger partial charge in [0.15, 0.2) is 5.69 Å². The molecule has 6 rings (SSSR count). The lowest BCUT2D eigenvalue weighted by Crippen LogP contribution is -2.44. The number of aryl methyl sites for hydroxylation is 2. The smallest absolute Gasteiger partial charge is 0.297 e. The predicted octanol–water partition coefficient (Wildman–Crippen LogP) is 5.24. The molecule has 1 aromatic heterocycles. The summed E-state index contributed by atoms with van der Waals surface area (Å²) in [7, 11) is 1.53. The molecule has 4 aromatic rings. The van der Waals surface area contributed by atoms with Crippen molar-refractivity contribution in [3.8, 4) is 5.75 Å². The number of carbonyl (C=O) groups excluding carboxylic acids is 1. The minimum Gasteiger partial charge on any atom is -0.501 e. The Morgan fingerprint density at radius 2 is 1.64 bits per heavy atom. The van der Waals surface area contributed by atoms with Gasteiger partial charge in [-0.25, -0.2) is 13.8 Å². The van der Waals surface area contributed by atoms with Crippen LogP contribution in [-0.2, 0) is 25.6 Å². The monoisotopic (exact) mass is 611 g/mol. The van der Waals surface area contributed by atoms with Gasteiger partial charge >= 0.3 is 0 Å². The molecule has 1 aliphatic heterocycles. The number of nitrogens with zero attached hydrogens (tertiary/aromatic N) is 4. The Morgan fingerprint density at radius 3 is 2.33 bits per heavy atom. The Kier molecular flexibility index (Phi) is 7.99. The highest BCUT2D eigenvalue weighted by molar-refractivity contribution is 6.06. The summed E-state index contributed by atoms with van der Waals surface area (Å²) in [6, 6.07) is 17.9. The number of piperidine rings is 1.